The number of hydrogen-bond acceptors (Lipinski definition) is 4. The highest BCUT2D eigenvalue weighted by Gasteiger charge is 2.34. The van der Waals surface area contributed by atoms with Gasteiger partial charge in [-0.05, 0) is 18.2 Å². The summed E-state index contributed by atoms with van der Waals surface area (Å²) in [5.41, 5.74) is 3.38. The average molecular weight is 343 g/mol. The number of hydrogen-bond donors (Lipinski definition) is 2. The van der Waals surface area contributed by atoms with Gasteiger partial charge in [0.05, 0.1) is 23.9 Å². The number of amides is 2. The molecule has 126 valence electrons. The molecule has 0 unspecified atom stereocenters. The van der Waals surface area contributed by atoms with Crippen LogP contribution in [0.25, 0.3) is 33.1 Å². The summed E-state index contributed by atoms with van der Waals surface area (Å²) < 4.78 is 5.47. The number of fused-ring (bicyclic) bond motifs is 5. The standard InChI is InChI=1S/C20H13N3O3/c1-26-13-9-5-3-7-11(13)16-17-14(10-6-2-4-8-12(10)21-17)15-18(22-16)20(25)23-19(15)24/h2-9,21H,1H3,(H,23,24,25). The largest absolute Gasteiger partial charge is 0.496 e. The molecule has 0 aliphatic carbocycles. The topological polar surface area (TPSA) is 84.1 Å². The zero-order valence-corrected chi connectivity index (χ0v) is 13.8. The van der Waals surface area contributed by atoms with Crippen LogP contribution in [-0.2, 0) is 0 Å². The van der Waals surface area contributed by atoms with E-state index >= 15 is 0 Å². The molecule has 2 aromatic heterocycles. The van der Waals surface area contributed by atoms with Crippen molar-refractivity contribution >= 4 is 33.6 Å². The summed E-state index contributed by atoms with van der Waals surface area (Å²) in [6.07, 6.45) is 0. The monoisotopic (exact) mass is 343 g/mol. The molecule has 3 heterocycles. The van der Waals surface area contributed by atoms with Gasteiger partial charge in [-0.25, -0.2) is 4.98 Å². The number of imide groups is 1. The van der Waals surface area contributed by atoms with Gasteiger partial charge in [0.1, 0.15) is 11.4 Å². The molecular weight excluding hydrogens is 330 g/mol. The molecule has 1 aliphatic heterocycles. The molecule has 2 amide bonds. The molecule has 0 spiro atoms. The van der Waals surface area contributed by atoms with Gasteiger partial charge in [-0.15, -0.1) is 0 Å². The second-order valence-corrected chi connectivity index (χ2v) is 6.09. The number of pyridine rings is 1. The molecule has 0 radical (unpaired) electrons. The number of rotatable bonds is 2. The highest BCUT2D eigenvalue weighted by atomic mass is 16.5. The molecule has 2 aromatic carbocycles. The maximum Gasteiger partial charge on any atom is 0.277 e. The molecule has 0 saturated heterocycles. The van der Waals surface area contributed by atoms with E-state index in [1.54, 1.807) is 7.11 Å². The number of aromatic nitrogens is 2. The molecule has 0 bridgehead atoms. The Morgan fingerprint density at radius 1 is 0.923 bits per heavy atom. The summed E-state index contributed by atoms with van der Waals surface area (Å²) in [5, 5.41) is 3.93. The Morgan fingerprint density at radius 2 is 1.69 bits per heavy atom. The number of methoxy groups -OCH3 is 1. The van der Waals surface area contributed by atoms with Gasteiger partial charge in [0, 0.05) is 21.9 Å². The quantitative estimate of drug-likeness (QED) is 0.547. The van der Waals surface area contributed by atoms with Crippen LogP contribution in [0.3, 0.4) is 0 Å². The minimum Gasteiger partial charge on any atom is -0.496 e. The number of para-hydroxylation sites is 2. The van der Waals surface area contributed by atoms with Crippen molar-refractivity contribution < 1.29 is 14.3 Å². The fraction of sp³-hybridized carbons (Fsp3) is 0.0500. The Bertz CT molecular complexity index is 1240. The number of nitrogens with one attached hydrogen (secondary N) is 2. The number of benzene rings is 2. The smallest absolute Gasteiger partial charge is 0.277 e. The Hall–Kier alpha value is -3.67. The molecule has 1 aliphatic rings. The van der Waals surface area contributed by atoms with Crippen LogP contribution in [0.2, 0.25) is 0 Å². The van der Waals surface area contributed by atoms with Crippen LogP contribution < -0.4 is 10.1 Å². The molecule has 26 heavy (non-hydrogen) atoms. The predicted molar refractivity (Wildman–Crippen MR) is 97.4 cm³/mol. The Morgan fingerprint density at radius 3 is 2.54 bits per heavy atom. The maximum atomic E-state index is 12.4. The molecule has 6 heteroatoms. The van der Waals surface area contributed by atoms with E-state index in [1.165, 1.54) is 0 Å². The highest BCUT2D eigenvalue weighted by molar-refractivity contribution is 6.30. The van der Waals surface area contributed by atoms with E-state index < -0.39 is 11.8 Å². The van der Waals surface area contributed by atoms with Crippen LogP contribution in [0.15, 0.2) is 48.5 Å². The summed E-state index contributed by atoms with van der Waals surface area (Å²) in [6, 6.07) is 15.1. The van der Waals surface area contributed by atoms with E-state index in [0.717, 1.165) is 16.5 Å². The van der Waals surface area contributed by atoms with Crippen molar-refractivity contribution in [1.82, 2.24) is 15.3 Å². The maximum absolute atomic E-state index is 12.4. The number of nitrogens with zero attached hydrogens (tertiary/aromatic N) is 1. The Labute approximate surface area is 147 Å². The van der Waals surface area contributed by atoms with Gasteiger partial charge >= 0.3 is 0 Å². The van der Waals surface area contributed by atoms with E-state index in [4.69, 9.17) is 4.74 Å². The van der Waals surface area contributed by atoms with Crippen molar-refractivity contribution in [1.29, 1.82) is 0 Å². The van der Waals surface area contributed by atoms with Crippen molar-refractivity contribution in [2.75, 3.05) is 7.11 Å². The number of aromatic amines is 1. The zero-order chi connectivity index (χ0) is 17.8. The van der Waals surface area contributed by atoms with E-state index in [0.29, 0.717) is 27.9 Å². The first-order valence-electron chi connectivity index (χ1n) is 8.12. The van der Waals surface area contributed by atoms with Crippen molar-refractivity contribution in [3.8, 4) is 17.0 Å². The third kappa shape index (κ3) is 1.84. The normalized spacial score (nSPS) is 13.3. The second-order valence-electron chi connectivity index (χ2n) is 6.09. The van der Waals surface area contributed by atoms with Gasteiger partial charge < -0.3 is 9.72 Å². The van der Waals surface area contributed by atoms with Crippen molar-refractivity contribution in [3.05, 3.63) is 59.8 Å². The minimum absolute atomic E-state index is 0.146. The van der Waals surface area contributed by atoms with Gasteiger partial charge in [-0.1, -0.05) is 30.3 Å². The lowest BCUT2D eigenvalue weighted by Gasteiger charge is -2.10. The first-order chi connectivity index (χ1) is 12.7. The Balaban J connectivity index is 2.00. The molecule has 0 atom stereocenters. The van der Waals surface area contributed by atoms with Gasteiger partial charge in [-0.2, -0.15) is 0 Å². The SMILES string of the molecule is COc1ccccc1-c1nc2c(c3c1[nH]c1ccccc13)C(=O)NC2=O. The van der Waals surface area contributed by atoms with Crippen molar-refractivity contribution in [3.63, 3.8) is 0 Å². The average Bonchev–Trinajstić information content (AvgIpc) is 3.18. The number of ether oxygens (including phenoxy) is 1. The number of H-pyrrole nitrogens is 1. The van der Waals surface area contributed by atoms with E-state index in [-0.39, 0.29) is 5.69 Å². The van der Waals surface area contributed by atoms with Crippen LogP contribution in [0, 0.1) is 0 Å². The number of carbonyl (C=O) groups excluding carboxylic acids is 2. The van der Waals surface area contributed by atoms with E-state index in [9.17, 15) is 9.59 Å². The molecular formula is C20H13N3O3. The summed E-state index contributed by atoms with van der Waals surface area (Å²) in [4.78, 5) is 32.6. The van der Waals surface area contributed by atoms with Crippen LogP contribution in [0.4, 0.5) is 0 Å². The van der Waals surface area contributed by atoms with Crippen LogP contribution in [0.1, 0.15) is 20.8 Å². The summed E-state index contributed by atoms with van der Waals surface area (Å²) in [7, 11) is 1.59. The van der Waals surface area contributed by atoms with E-state index in [1.807, 2.05) is 48.5 Å². The molecule has 0 saturated carbocycles. The van der Waals surface area contributed by atoms with Gasteiger partial charge in [0.2, 0.25) is 0 Å². The first-order valence-corrected chi connectivity index (χ1v) is 8.12. The zero-order valence-electron chi connectivity index (χ0n) is 13.8. The Kier molecular flexibility index (Phi) is 2.91. The van der Waals surface area contributed by atoms with E-state index in [2.05, 4.69) is 15.3 Å². The molecule has 0 fully saturated rings. The minimum atomic E-state index is -0.478. The third-order valence-electron chi connectivity index (χ3n) is 4.68. The lowest BCUT2D eigenvalue weighted by molar-refractivity contribution is 0.0878. The van der Waals surface area contributed by atoms with Crippen LogP contribution >= 0.6 is 0 Å². The molecule has 6 nitrogen and oxygen atoms in total. The van der Waals surface area contributed by atoms with Crippen LogP contribution in [0.5, 0.6) is 5.75 Å². The molecule has 2 N–H and O–H groups in total. The van der Waals surface area contributed by atoms with Gasteiger partial charge in [0.15, 0.2) is 0 Å². The highest BCUT2D eigenvalue weighted by Crippen LogP contribution is 2.39. The fourth-order valence-electron chi connectivity index (χ4n) is 3.57. The second kappa shape index (κ2) is 5.16. The summed E-state index contributed by atoms with van der Waals surface area (Å²) in [5.74, 6) is -0.253. The molecule has 4 aromatic rings. The predicted octanol–water partition coefficient (Wildman–Crippen LogP) is 3.28. The molecule has 5 rings (SSSR count). The van der Waals surface area contributed by atoms with Gasteiger partial charge in [0.25, 0.3) is 11.8 Å². The lowest BCUT2D eigenvalue weighted by Crippen LogP contribution is -2.20. The van der Waals surface area contributed by atoms with Crippen LogP contribution in [-0.4, -0.2) is 28.9 Å². The van der Waals surface area contributed by atoms with Gasteiger partial charge in [-0.3, -0.25) is 14.9 Å². The van der Waals surface area contributed by atoms with Crippen molar-refractivity contribution in [2.24, 2.45) is 0 Å². The number of carbonyl (C=O) groups is 2. The van der Waals surface area contributed by atoms with Crippen molar-refractivity contribution in [2.45, 2.75) is 0 Å². The summed E-state index contributed by atoms with van der Waals surface area (Å²) in [6.45, 7) is 0. The lowest BCUT2D eigenvalue weighted by atomic mass is 10.0. The fourth-order valence-corrected chi connectivity index (χ4v) is 3.57. The first kappa shape index (κ1) is 14.7. The third-order valence-corrected chi connectivity index (χ3v) is 4.68. The summed E-state index contributed by atoms with van der Waals surface area (Å²) >= 11 is 0.